The lowest BCUT2D eigenvalue weighted by Crippen LogP contribution is -2.70. The fourth-order valence-electron chi connectivity index (χ4n) is 4.91. The standard InChI is InChI=1S/C22H40O7/c23-17-18(24)19(25)21(13-9-5-1-3-7-11-15-28-21)22(20(26)27)14-10-6-2-4-8-12-16-29-22/h18-19,23-25H,1-17H2,(H,26,27)/t18-,19-,21+,22+/m1/s1. The van der Waals surface area contributed by atoms with E-state index in [1.807, 2.05) is 0 Å². The van der Waals surface area contributed by atoms with Crippen LogP contribution in [-0.4, -0.2) is 69.6 Å². The molecule has 7 heteroatoms. The van der Waals surface area contributed by atoms with E-state index in [0.717, 1.165) is 64.2 Å². The van der Waals surface area contributed by atoms with E-state index < -0.39 is 36.0 Å². The summed E-state index contributed by atoms with van der Waals surface area (Å²) in [4.78, 5) is 12.8. The Morgan fingerprint density at radius 3 is 1.79 bits per heavy atom. The van der Waals surface area contributed by atoms with E-state index in [1.54, 1.807) is 0 Å². The number of rotatable bonds is 5. The van der Waals surface area contributed by atoms with Gasteiger partial charge in [0.2, 0.25) is 0 Å². The van der Waals surface area contributed by atoms with E-state index in [4.69, 9.17) is 9.47 Å². The smallest absolute Gasteiger partial charge is 0.339 e. The molecular formula is C22H40O7. The van der Waals surface area contributed by atoms with Crippen molar-refractivity contribution in [1.29, 1.82) is 0 Å². The van der Waals surface area contributed by atoms with Gasteiger partial charge in [0, 0.05) is 13.2 Å². The van der Waals surface area contributed by atoms with Crippen LogP contribution in [0.2, 0.25) is 0 Å². The van der Waals surface area contributed by atoms with Crippen LogP contribution in [0.15, 0.2) is 0 Å². The van der Waals surface area contributed by atoms with Gasteiger partial charge in [0.05, 0.1) is 6.61 Å². The maximum absolute atomic E-state index is 12.8. The molecule has 2 aliphatic heterocycles. The van der Waals surface area contributed by atoms with Gasteiger partial charge in [-0.1, -0.05) is 57.8 Å². The SMILES string of the molecule is O=C(O)[C@]1([C@@]2([C@H](O)[C@H](O)CO)CCCCCCCCO2)CCCCCCCCO1. The Hall–Kier alpha value is -0.730. The van der Waals surface area contributed by atoms with Crippen molar-refractivity contribution in [3.8, 4) is 0 Å². The van der Waals surface area contributed by atoms with Gasteiger partial charge in [-0.15, -0.1) is 0 Å². The molecule has 0 saturated carbocycles. The summed E-state index contributed by atoms with van der Waals surface area (Å²) in [6.07, 6.45) is 8.37. The van der Waals surface area contributed by atoms with Crippen LogP contribution in [0.5, 0.6) is 0 Å². The summed E-state index contributed by atoms with van der Waals surface area (Å²) in [7, 11) is 0. The van der Waals surface area contributed by atoms with E-state index >= 15 is 0 Å². The minimum atomic E-state index is -1.75. The average Bonchev–Trinajstić information content (AvgIpc) is 2.74. The maximum Gasteiger partial charge on any atom is 0.339 e. The van der Waals surface area contributed by atoms with Gasteiger partial charge in [-0.3, -0.25) is 0 Å². The summed E-state index contributed by atoms with van der Waals surface area (Å²) >= 11 is 0. The molecule has 2 heterocycles. The zero-order chi connectivity index (χ0) is 21.2. The van der Waals surface area contributed by atoms with Crippen LogP contribution in [-0.2, 0) is 14.3 Å². The zero-order valence-electron chi connectivity index (χ0n) is 17.7. The molecule has 170 valence electrons. The molecule has 0 aromatic rings. The Balaban J connectivity index is 2.49. The van der Waals surface area contributed by atoms with Crippen molar-refractivity contribution in [3.63, 3.8) is 0 Å². The molecule has 4 N–H and O–H groups in total. The van der Waals surface area contributed by atoms with Crippen molar-refractivity contribution in [1.82, 2.24) is 0 Å². The number of carboxylic acids is 1. The quantitative estimate of drug-likeness (QED) is 0.544. The summed E-state index contributed by atoms with van der Waals surface area (Å²) in [6, 6.07) is 0. The number of aliphatic hydroxyl groups is 3. The van der Waals surface area contributed by atoms with Crippen LogP contribution in [0.1, 0.15) is 89.9 Å². The van der Waals surface area contributed by atoms with E-state index in [-0.39, 0.29) is 19.4 Å². The number of ether oxygens (including phenoxy) is 2. The van der Waals surface area contributed by atoms with Gasteiger partial charge in [0.15, 0.2) is 5.60 Å². The number of aliphatic carboxylic acids is 1. The minimum Gasteiger partial charge on any atom is -0.479 e. The van der Waals surface area contributed by atoms with E-state index in [1.165, 1.54) is 0 Å². The van der Waals surface area contributed by atoms with Crippen LogP contribution in [0.3, 0.4) is 0 Å². The number of carbonyl (C=O) groups is 1. The molecule has 0 bridgehead atoms. The van der Waals surface area contributed by atoms with Crippen molar-refractivity contribution < 1.29 is 34.7 Å². The monoisotopic (exact) mass is 416 g/mol. The maximum atomic E-state index is 12.8. The lowest BCUT2D eigenvalue weighted by Gasteiger charge is -2.51. The van der Waals surface area contributed by atoms with Crippen LogP contribution < -0.4 is 0 Å². The summed E-state index contributed by atoms with van der Waals surface area (Å²) in [5.41, 5.74) is -3.35. The van der Waals surface area contributed by atoms with Crippen molar-refractivity contribution in [2.24, 2.45) is 0 Å². The minimum absolute atomic E-state index is 0.220. The van der Waals surface area contributed by atoms with Gasteiger partial charge in [0.25, 0.3) is 0 Å². The molecule has 4 atom stereocenters. The predicted octanol–water partition coefficient (Wildman–Crippen LogP) is 2.78. The molecule has 0 aliphatic carbocycles. The second-order valence-corrected chi connectivity index (χ2v) is 8.66. The fraction of sp³-hybridized carbons (Fsp3) is 0.955. The van der Waals surface area contributed by atoms with Crippen molar-refractivity contribution >= 4 is 5.97 Å². The number of hydrogen-bond donors (Lipinski definition) is 4. The first-order valence-electron chi connectivity index (χ1n) is 11.5. The van der Waals surface area contributed by atoms with Gasteiger partial charge < -0.3 is 29.9 Å². The van der Waals surface area contributed by atoms with Gasteiger partial charge in [-0.25, -0.2) is 4.79 Å². The van der Waals surface area contributed by atoms with Crippen LogP contribution in [0.4, 0.5) is 0 Å². The summed E-state index contributed by atoms with van der Waals surface area (Å²) in [5.74, 6) is -1.15. The summed E-state index contributed by atoms with van der Waals surface area (Å²) < 4.78 is 12.4. The lowest BCUT2D eigenvalue weighted by molar-refractivity contribution is -0.271. The first-order valence-corrected chi connectivity index (χ1v) is 11.5. The Bertz CT molecular complexity index is 462. The lowest BCUT2D eigenvalue weighted by atomic mass is 9.70. The molecule has 2 rings (SSSR count). The highest BCUT2D eigenvalue weighted by Gasteiger charge is 2.63. The molecule has 0 radical (unpaired) electrons. The zero-order valence-corrected chi connectivity index (χ0v) is 17.7. The largest absolute Gasteiger partial charge is 0.479 e. The van der Waals surface area contributed by atoms with Crippen molar-refractivity contribution in [3.05, 3.63) is 0 Å². The molecule has 0 unspecified atom stereocenters. The normalized spacial score (nSPS) is 33.3. The molecule has 2 saturated heterocycles. The highest BCUT2D eigenvalue weighted by atomic mass is 16.6. The van der Waals surface area contributed by atoms with Crippen molar-refractivity contribution in [2.45, 2.75) is 113 Å². The Morgan fingerprint density at radius 1 is 0.759 bits per heavy atom. The highest BCUT2D eigenvalue weighted by Crippen LogP contribution is 2.44. The molecule has 0 amide bonds. The topological polar surface area (TPSA) is 116 Å². The number of carboxylic acid groups (broad SMARTS) is 1. The second kappa shape index (κ2) is 12.2. The Morgan fingerprint density at radius 2 is 1.24 bits per heavy atom. The second-order valence-electron chi connectivity index (χ2n) is 8.66. The van der Waals surface area contributed by atoms with Gasteiger partial charge in [0.1, 0.15) is 17.8 Å². The first-order chi connectivity index (χ1) is 14.0. The first kappa shape index (κ1) is 24.5. The molecule has 2 aliphatic rings. The van der Waals surface area contributed by atoms with E-state index in [0.29, 0.717) is 19.4 Å². The van der Waals surface area contributed by atoms with Gasteiger partial charge >= 0.3 is 5.97 Å². The molecule has 29 heavy (non-hydrogen) atoms. The summed E-state index contributed by atoms with van der Waals surface area (Å²) in [5, 5.41) is 41.4. The van der Waals surface area contributed by atoms with Gasteiger partial charge in [-0.05, 0) is 32.1 Å². The van der Waals surface area contributed by atoms with Crippen LogP contribution in [0.25, 0.3) is 0 Å². The number of hydrogen-bond acceptors (Lipinski definition) is 6. The molecule has 2 fully saturated rings. The van der Waals surface area contributed by atoms with Crippen LogP contribution in [0, 0.1) is 0 Å². The summed E-state index contributed by atoms with van der Waals surface area (Å²) in [6.45, 7) is -0.0884. The van der Waals surface area contributed by atoms with Crippen molar-refractivity contribution in [2.75, 3.05) is 19.8 Å². The van der Waals surface area contributed by atoms with E-state index in [9.17, 15) is 25.2 Å². The fourth-order valence-corrected chi connectivity index (χ4v) is 4.91. The Labute approximate surface area is 174 Å². The Kier molecular flexibility index (Phi) is 10.3. The third kappa shape index (κ3) is 5.91. The average molecular weight is 417 g/mol. The van der Waals surface area contributed by atoms with Crippen LogP contribution >= 0.6 is 0 Å². The predicted molar refractivity (Wildman–Crippen MR) is 109 cm³/mol. The third-order valence-corrected chi connectivity index (χ3v) is 6.63. The molecule has 7 nitrogen and oxygen atoms in total. The van der Waals surface area contributed by atoms with E-state index in [2.05, 4.69) is 0 Å². The highest BCUT2D eigenvalue weighted by molar-refractivity contribution is 5.80. The number of aliphatic hydroxyl groups excluding tert-OH is 3. The molecule has 0 aromatic heterocycles. The molecule has 0 spiro atoms. The van der Waals surface area contributed by atoms with Gasteiger partial charge in [-0.2, -0.15) is 0 Å². The molecule has 0 aromatic carbocycles. The third-order valence-electron chi connectivity index (χ3n) is 6.63. The molecular weight excluding hydrogens is 376 g/mol.